The van der Waals surface area contributed by atoms with Crippen molar-refractivity contribution in [2.45, 2.75) is 207 Å². The van der Waals surface area contributed by atoms with Gasteiger partial charge in [-0.25, -0.2) is 0 Å². The van der Waals surface area contributed by atoms with Crippen LogP contribution in [0.3, 0.4) is 0 Å². The van der Waals surface area contributed by atoms with Gasteiger partial charge in [-0.05, 0) is 64.7 Å². The fraction of sp³-hybridized carbons (Fsp3) is 0.917. The lowest BCUT2D eigenvalue weighted by atomic mass is 10.1. The highest BCUT2D eigenvalue weighted by Gasteiger charge is 2.35. The largest absolute Gasteiger partial charge is 0.463 e. The van der Waals surface area contributed by atoms with Gasteiger partial charge in [-0.15, -0.1) is 0 Å². The summed E-state index contributed by atoms with van der Waals surface area (Å²) in [6.45, 7) is 13.6. The van der Waals surface area contributed by atoms with E-state index < -0.39 is 23.9 Å². The van der Waals surface area contributed by atoms with Crippen LogP contribution in [0.15, 0.2) is 0 Å². The van der Waals surface area contributed by atoms with Crippen LogP contribution >= 0.6 is 43.2 Å². The normalized spacial score (nSPS) is 15.3. The summed E-state index contributed by atoms with van der Waals surface area (Å²) in [6, 6.07) is -1.95. The molecule has 0 bridgehead atoms. The summed E-state index contributed by atoms with van der Waals surface area (Å²) in [4.78, 5) is 56.3. The summed E-state index contributed by atoms with van der Waals surface area (Å²) < 4.78 is 11.0. The molecule has 10 nitrogen and oxygen atoms in total. The maximum atomic E-state index is 12.9. The first-order chi connectivity index (χ1) is 30.3. The monoisotopic (exact) mass is 949 g/mol. The van der Waals surface area contributed by atoms with E-state index in [1.54, 1.807) is 0 Å². The Balaban J connectivity index is 2.46. The molecule has 364 valence electrons. The first-order valence-corrected chi connectivity index (χ1v) is 30.2. The average Bonchev–Trinajstić information content (AvgIpc) is 3.27. The number of amides is 2. The van der Waals surface area contributed by atoms with E-state index in [1.807, 2.05) is 43.2 Å². The SMILES string of the molecule is CCCCCCCCCCN(CCCSSCCCCC)CCC(=O)OCC1NC(=O)C(COC(=O)CCN(CCCCCCCCCC)CCCSSCCCCC)NC1=O. The van der Waals surface area contributed by atoms with E-state index in [1.165, 1.54) is 140 Å². The van der Waals surface area contributed by atoms with Crippen LogP contribution in [-0.2, 0) is 28.7 Å². The number of nitrogens with one attached hydrogen (secondary N) is 2. The zero-order valence-corrected chi connectivity index (χ0v) is 43.3. The molecule has 62 heavy (non-hydrogen) atoms. The molecule has 1 fully saturated rings. The third kappa shape index (κ3) is 35.5. The van der Waals surface area contributed by atoms with Crippen LogP contribution in [0.4, 0.5) is 0 Å². The maximum absolute atomic E-state index is 12.9. The highest BCUT2D eigenvalue weighted by atomic mass is 33.1. The van der Waals surface area contributed by atoms with Crippen LogP contribution in [0.5, 0.6) is 0 Å². The zero-order chi connectivity index (χ0) is 45.1. The lowest BCUT2D eigenvalue weighted by Gasteiger charge is -2.29. The molecule has 1 rings (SSSR count). The predicted octanol–water partition coefficient (Wildman–Crippen LogP) is 11.6. The van der Waals surface area contributed by atoms with Gasteiger partial charge in [0, 0.05) is 36.1 Å². The van der Waals surface area contributed by atoms with Gasteiger partial charge in [-0.1, -0.05) is 186 Å². The fourth-order valence-electron chi connectivity index (χ4n) is 7.27. The highest BCUT2D eigenvalue weighted by molar-refractivity contribution is 8.77. The van der Waals surface area contributed by atoms with Crippen molar-refractivity contribution in [3.63, 3.8) is 0 Å². The summed E-state index contributed by atoms with van der Waals surface area (Å²) in [5.74, 6) is 2.97. The molecule has 1 aliphatic rings. The average molecular weight is 950 g/mol. The van der Waals surface area contributed by atoms with E-state index in [0.717, 1.165) is 63.4 Å². The second-order valence-electron chi connectivity index (χ2n) is 17.0. The Morgan fingerprint density at radius 3 is 1.06 bits per heavy atom. The number of esters is 2. The molecule has 1 heterocycles. The lowest BCUT2D eigenvalue weighted by Crippen LogP contribution is -2.64. The Kier molecular flexibility index (Phi) is 42.1. The highest BCUT2D eigenvalue weighted by Crippen LogP contribution is 2.25. The zero-order valence-electron chi connectivity index (χ0n) is 40.0. The molecule has 0 aromatic heterocycles. The smallest absolute Gasteiger partial charge is 0.307 e. The number of piperazine rings is 1. The molecule has 0 radical (unpaired) electrons. The molecule has 0 aromatic carbocycles. The molecule has 2 N–H and O–H groups in total. The van der Waals surface area contributed by atoms with E-state index in [2.05, 4.69) is 48.1 Å². The number of rotatable bonds is 46. The van der Waals surface area contributed by atoms with E-state index in [9.17, 15) is 19.2 Å². The van der Waals surface area contributed by atoms with Crippen molar-refractivity contribution in [2.75, 3.05) is 75.5 Å². The van der Waals surface area contributed by atoms with Gasteiger partial charge in [0.25, 0.3) is 0 Å². The topological polar surface area (TPSA) is 117 Å². The van der Waals surface area contributed by atoms with Crippen molar-refractivity contribution in [3.05, 3.63) is 0 Å². The minimum absolute atomic E-state index is 0.225. The van der Waals surface area contributed by atoms with Gasteiger partial charge in [0.15, 0.2) is 0 Å². The first kappa shape index (κ1) is 59.2. The van der Waals surface area contributed by atoms with Gasteiger partial charge in [-0.2, -0.15) is 0 Å². The number of hydrogen-bond donors (Lipinski definition) is 2. The summed E-state index contributed by atoms with van der Waals surface area (Å²) >= 11 is 0. The maximum Gasteiger partial charge on any atom is 0.307 e. The second-order valence-corrected chi connectivity index (χ2v) is 22.4. The van der Waals surface area contributed by atoms with Gasteiger partial charge < -0.3 is 29.9 Å². The van der Waals surface area contributed by atoms with Crippen molar-refractivity contribution in [3.8, 4) is 0 Å². The Hall–Kier alpha value is -0.800. The van der Waals surface area contributed by atoms with Gasteiger partial charge in [0.1, 0.15) is 25.3 Å². The van der Waals surface area contributed by atoms with Crippen molar-refractivity contribution in [1.82, 2.24) is 20.4 Å². The van der Waals surface area contributed by atoms with Crippen LogP contribution in [0.1, 0.15) is 195 Å². The van der Waals surface area contributed by atoms with E-state index in [4.69, 9.17) is 9.47 Å². The van der Waals surface area contributed by atoms with Crippen LogP contribution in [0, 0.1) is 0 Å². The number of unbranched alkanes of at least 4 members (excludes halogenated alkanes) is 18. The molecular formula is C48H92N4O6S4. The second kappa shape index (κ2) is 44.1. The molecule has 0 aromatic rings. The summed E-state index contributed by atoms with van der Waals surface area (Å²) in [6.07, 6.45) is 30.6. The molecule has 14 heteroatoms. The molecule has 2 amide bonds. The van der Waals surface area contributed by atoms with E-state index in [0.29, 0.717) is 13.1 Å². The van der Waals surface area contributed by atoms with Crippen LogP contribution in [-0.4, -0.2) is 121 Å². The van der Waals surface area contributed by atoms with Gasteiger partial charge in [0.2, 0.25) is 11.8 Å². The molecular weight excluding hydrogens is 857 g/mol. The van der Waals surface area contributed by atoms with Crippen LogP contribution in [0.2, 0.25) is 0 Å². The molecule has 0 saturated carbocycles. The standard InChI is InChI=1S/C48H92N4O6S4/c1-5-9-13-15-17-19-21-23-31-51(33-27-39-61-59-37-25-11-7-3)35-29-45(53)57-41-43-47(55)50-44(48(56)49-43)42-58-46(54)30-36-52(32-24-22-20-18-16-14-10-6-2)34-28-40-62-60-38-26-12-8-4/h43-44H,5-42H2,1-4H3,(H,49,56)(H,50,55). The first-order valence-electron chi connectivity index (χ1n) is 25.2. The Labute approximate surface area is 396 Å². The van der Waals surface area contributed by atoms with Gasteiger partial charge >= 0.3 is 11.9 Å². The van der Waals surface area contributed by atoms with E-state index >= 15 is 0 Å². The Morgan fingerprint density at radius 1 is 0.419 bits per heavy atom. The van der Waals surface area contributed by atoms with Crippen LogP contribution < -0.4 is 10.6 Å². The van der Waals surface area contributed by atoms with Crippen molar-refractivity contribution in [1.29, 1.82) is 0 Å². The number of carbonyl (C=O) groups is 4. The molecule has 2 atom stereocenters. The summed E-state index contributed by atoms with van der Waals surface area (Å²) in [5.41, 5.74) is 0. The Morgan fingerprint density at radius 2 is 0.710 bits per heavy atom. The van der Waals surface area contributed by atoms with Gasteiger partial charge in [0.05, 0.1) is 12.8 Å². The number of nitrogens with zero attached hydrogens (tertiary/aromatic N) is 2. The molecule has 2 unspecified atom stereocenters. The third-order valence-corrected chi connectivity index (χ3v) is 16.4. The van der Waals surface area contributed by atoms with Crippen LogP contribution in [0.25, 0.3) is 0 Å². The third-order valence-electron chi connectivity index (χ3n) is 11.2. The van der Waals surface area contributed by atoms with E-state index in [-0.39, 0.29) is 38.0 Å². The predicted molar refractivity (Wildman–Crippen MR) is 271 cm³/mol. The van der Waals surface area contributed by atoms with Crippen molar-refractivity contribution in [2.24, 2.45) is 0 Å². The summed E-state index contributed by atoms with van der Waals surface area (Å²) in [7, 11) is 7.84. The number of hydrogen-bond acceptors (Lipinski definition) is 12. The minimum atomic E-state index is -0.975. The lowest BCUT2D eigenvalue weighted by molar-refractivity contribution is -0.152. The van der Waals surface area contributed by atoms with Crippen molar-refractivity contribution >= 4 is 66.9 Å². The fourth-order valence-corrected chi connectivity index (χ4v) is 11.7. The summed E-state index contributed by atoms with van der Waals surface area (Å²) in [5, 5.41) is 5.34. The van der Waals surface area contributed by atoms with Crippen molar-refractivity contribution < 1.29 is 28.7 Å². The molecule has 1 aliphatic heterocycles. The quantitative estimate of drug-likeness (QED) is 0.0344. The Bertz CT molecular complexity index is 974. The minimum Gasteiger partial charge on any atom is -0.463 e. The molecule has 0 spiro atoms. The number of ether oxygens (including phenoxy) is 2. The molecule has 1 saturated heterocycles. The molecule has 0 aliphatic carbocycles. The number of carbonyl (C=O) groups excluding carboxylic acids is 4. The van der Waals surface area contributed by atoms with Gasteiger partial charge in [-0.3, -0.25) is 19.2 Å².